The van der Waals surface area contributed by atoms with Gasteiger partial charge in [-0.1, -0.05) is 133 Å². The van der Waals surface area contributed by atoms with Crippen LogP contribution < -0.4 is 41.3 Å². The molecule has 0 atom stereocenters. The number of amides is 8. The first-order valence-electron chi connectivity index (χ1n) is 41.7. The van der Waals surface area contributed by atoms with E-state index in [1.165, 1.54) is 46.2 Å². The minimum absolute atomic E-state index is 0.0104. The van der Waals surface area contributed by atoms with Gasteiger partial charge in [0.05, 0.1) is 88.4 Å². The van der Waals surface area contributed by atoms with Crippen molar-refractivity contribution in [1.82, 2.24) is 45.5 Å². The van der Waals surface area contributed by atoms with Gasteiger partial charge in [0.2, 0.25) is 5.82 Å². The summed E-state index contributed by atoms with van der Waals surface area (Å²) in [4.78, 5) is 74.3. The molecule has 4 saturated heterocycles. The van der Waals surface area contributed by atoms with E-state index in [-0.39, 0.29) is 85.2 Å². The highest BCUT2D eigenvalue weighted by Crippen LogP contribution is 2.52. The van der Waals surface area contributed by atoms with Gasteiger partial charge in [0.15, 0.2) is 19.7 Å². The standard InChI is InChI=1S/C24H28F3N5O2.2C23H29N3O3S.C22H26FN3O/c25-24(26,27)19-29-13-18(14-30-19)31-15-21(32(20(31)33)16-22(34)7-4-8-22)9-11-23(28,12-10-21)17-5-2-1-3-6-17;1-25(2)23(18-8-5-4-6-9-18)14-12-22(13-15-23)17-26(21(27)24-22)19-10-7-11-20(16-19)30(3,28)29;1-25(2)23(18-7-5-4-6-8-18)15-13-22(14-16-23)17-26(21(27)24-22)19-9-11-20(12-10-19)30(3,28)29;1-25(2)22(17-7-4-3-5-8-17)13-11-21(12-14-22)16-26(20(27)24-21)19-10-6-9-18(23)15-19/h1-3,5-6,13-14,34H,4,7-12,15-16,28H2;4-11,16H,12-15,17H2,1-3H3,(H,24,27);4-12H,13-17H2,1-3H3,(H,24,27);3-10,15H,11-14,16H2,1-2H3,(H,24,27). The summed E-state index contributed by atoms with van der Waals surface area (Å²) >= 11 is 0. The Balaban J connectivity index is 0.000000132. The third-order valence-electron chi connectivity index (χ3n) is 27.9. The number of alkyl halides is 3. The highest BCUT2D eigenvalue weighted by atomic mass is 32.2. The van der Waals surface area contributed by atoms with Gasteiger partial charge in [-0.2, -0.15) is 13.2 Å². The number of β-amino-alcohol motifs (C(OH)–C–C–N with tert-alkyl or cyclic N) is 1. The summed E-state index contributed by atoms with van der Waals surface area (Å²) in [6, 6.07) is 60.4. The zero-order valence-electron chi connectivity index (χ0n) is 70.2. The summed E-state index contributed by atoms with van der Waals surface area (Å²) < 4.78 is 99.6. The Morgan fingerprint density at radius 2 is 0.793 bits per heavy atom. The first-order chi connectivity index (χ1) is 57.3. The number of sulfone groups is 2. The van der Waals surface area contributed by atoms with E-state index in [1.807, 2.05) is 48.5 Å². The lowest BCUT2D eigenvalue weighted by molar-refractivity contribution is -0.145. The second kappa shape index (κ2) is 33.7. The summed E-state index contributed by atoms with van der Waals surface area (Å²) in [5.41, 5.74) is 11.1. The van der Waals surface area contributed by atoms with Gasteiger partial charge in [0.1, 0.15) is 5.82 Å². The quantitative estimate of drug-likeness (QED) is 0.0597. The van der Waals surface area contributed by atoms with Crippen LogP contribution in [0, 0.1) is 5.82 Å². The first-order valence-corrected chi connectivity index (χ1v) is 45.5. The Hall–Kier alpha value is -9.88. The Morgan fingerprint density at radius 1 is 0.421 bits per heavy atom. The highest BCUT2D eigenvalue weighted by molar-refractivity contribution is 7.91. The van der Waals surface area contributed by atoms with Gasteiger partial charge >= 0.3 is 30.3 Å². The van der Waals surface area contributed by atoms with Crippen LogP contribution in [0.25, 0.3) is 0 Å². The van der Waals surface area contributed by atoms with Gasteiger partial charge in [0.25, 0.3) is 0 Å². The smallest absolute Gasteiger partial charge is 0.388 e. The Bertz CT molecular complexity index is 5260. The molecule has 1 aromatic heterocycles. The minimum atomic E-state index is -4.65. The van der Waals surface area contributed by atoms with Crippen molar-refractivity contribution in [2.24, 2.45) is 5.73 Å². The molecule has 5 aliphatic carbocycles. The summed E-state index contributed by atoms with van der Waals surface area (Å²) in [6.45, 7) is 2.24. The van der Waals surface area contributed by atoms with E-state index in [0.717, 1.165) is 107 Å². The fraction of sp³-hybridized carbons (Fsp3) is 0.457. The number of aliphatic hydroxyl groups is 1. The van der Waals surface area contributed by atoms with E-state index in [9.17, 15) is 58.7 Å². The summed E-state index contributed by atoms with van der Waals surface area (Å²) in [5.74, 6) is -1.56. The average molecular weight is 1700 g/mol. The van der Waals surface area contributed by atoms with Crippen molar-refractivity contribution in [3.63, 3.8) is 0 Å². The number of carbonyl (C=O) groups excluding carboxylic acids is 4. The zero-order valence-corrected chi connectivity index (χ0v) is 71.8. The SMILES string of the molecule is CN(C)C1(c2ccccc2)CCC2(CC1)CN(c1ccc(S(C)(=O)=O)cc1)C(=O)N2.CN(C)C1(c2ccccc2)CCC2(CC1)CN(c1cccc(F)c1)C(=O)N2.CN(C)C1(c2ccccc2)CCC2(CC1)CN(c1cccc(S(C)(=O)=O)c1)C(=O)N2.NC1(c2ccccc2)CCC2(CC1)CN(c1cnc(C(F)(F)F)nc1)C(=O)N2CC1(O)CCC1. The molecule has 17 rings (SSSR count). The molecule has 9 fully saturated rings. The monoisotopic (exact) mass is 1700 g/mol. The fourth-order valence-electron chi connectivity index (χ4n) is 20.2. The summed E-state index contributed by atoms with van der Waals surface area (Å²) in [5, 5.41) is 20.6. The molecule has 121 heavy (non-hydrogen) atoms. The summed E-state index contributed by atoms with van der Waals surface area (Å²) in [7, 11) is 6.21. The van der Waals surface area contributed by atoms with Gasteiger partial charge in [-0.3, -0.25) is 34.3 Å². The lowest BCUT2D eigenvalue weighted by atomic mass is 9.69. The van der Waals surface area contributed by atoms with E-state index in [1.54, 1.807) is 80.3 Å². The van der Waals surface area contributed by atoms with Crippen LogP contribution in [0.3, 0.4) is 0 Å². The molecule has 23 nitrogen and oxygen atoms in total. The Kier molecular flexibility index (Phi) is 24.4. The molecule has 644 valence electrons. The van der Waals surface area contributed by atoms with Gasteiger partial charge in [0, 0.05) is 51.7 Å². The number of hydrogen-bond donors (Lipinski definition) is 5. The number of anilines is 4. The number of rotatable bonds is 15. The second-order valence-corrected chi connectivity index (χ2v) is 39.9. The van der Waals surface area contributed by atoms with Crippen LogP contribution in [0.5, 0.6) is 0 Å². The fourth-order valence-corrected chi connectivity index (χ4v) is 21.5. The van der Waals surface area contributed by atoms with E-state index in [4.69, 9.17) is 5.73 Å². The van der Waals surface area contributed by atoms with Crippen LogP contribution in [0.2, 0.25) is 0 Å². The predicted octanol–water partition coefficient (Wildman–Crippen LogP) is 14.7. The van der Waals surface area contributed by atoms with Crippen molar-refractivity contribution in [3.05, 3.63) is 240 Å². The Labute approximate surface area is 707 Å². The molecule has 0 bridgehead atoms. The normalized spacial score (nSPS) is 27.7. The zero-order chi connectivity index (χ0) is 86.4. The molecule has 4 aliphatic heterocycles. The number of hydrogen-bond acceptors (Lipinski definition) is 15. The molecular weight excluding hydrogens is 1590 g/mol. The minimum Gasteiger partial charge on any atom is -0.388 e. The number of urea groups is 4. The maximum Gasteiger partial charge on any atom is 0.451 e. The van der Waals surface area contributed by atoms with Crippen LogP contribution in [-0.2, 0) is 48.0 Å². The molecule has 0 unspecified atom stereocenters. The molecule has 5 heterocycles. The first kappa shape index (κ1) is 87.5. The third-order valence-corrected chi connectivity index (χ3v) is 30.2. The van der Waals surface area contributed by atoms with Crippen LogP contribution in [0.15, 0.2) is 216 Å². The molecule has 8 amide bonds. The molecule has 8 aromatic rings. The van der Waals surface area contributed by atoms with E-state index >= 15 is 0 Å². The number of carbonyl (C=O) groups is 4. The van der Waals surface area contributed by atoms with Gasteiger partial charge in [-0.15, -0.1) is 0 Å². The lowest BCUT2D eigenvalue weighted by Crippen LogP contribution is -2.59. The molecule has 7 aromatic carbocycles. The number of nitrogens with two attached hydrogens (primary N) is 1. The maximum atomic E-state index is 13.6. The van der Waals surface area contributed by atoms with Crippen LogP contribution in [0.1, 0.15) is 150 Å². The number of benzene rings is 7. The number of nitrogens with one attached hydrogen (secondary N) is 3. The van der Waals surface area contributed by atoms with Crippen LogP contribution in [0.4, 0.5) is 59.5 Å². The van der Waals surface area contributed by atoms with Crippen molar-refractivity contribution in [1.29, 1.82) is 0 Å². The van der Waals surface area contributed by atoms with Crippen molar-refractivity contribution < 1.29 is 58.7 Å². The van der Waals surface area contributed by atoms with Crippen molar-refractivity contribution in [3.8, 4) is 0 Å². The second-order valence-electron chi connectivity index (χ2n) is 35.8. The van der Waals surface area contributed by atoms with E-state index in [0.29, 0.717) is 76.1 Å². The lowest BCUT2D eigenvalue weighted by Gasteiger charge is -2.49. The van der Waals surface area contributed by atoms with Gasteiger partial charge in [-0.25, -0.2) is 50.4 Å². The molecule has 29 heteroatoms. The molecular formula is C92H112F4N14O9S2. The maximum absolute atomic E-state index is 13.6. The number of halogens is 4. The van der Waals surface area contributed by atoms with E-state index in [2.05, 4.69) is 156 Å². The van der Waals surface area contributed by atoms with Crippen molar-refractivity contribution in [2.75, 3.05) is 107 Å². The molecule has 6 N–H and O–H groups in total. The molecule has 5 saturated carbocycles. The molecule has 4 spiro atoms. The van der Waals surface area contributed by atoms with Crippen LogP contribution >= 0.6 is 0 Å². The van der Waals surface area contributed by atoms with Crippen molar-refractivity contribution in [2.45, 2.75) is 188 Å². The molecule has 9 aliphatic rings. The highest BCUT2D eigenvalue weighted by Gasteiger charge is 2.58. The average Bonchev–Trinajstić information content (AvgIpc) is 1.59. The molecule has 0 radical (unpaired) electrons. The number of aromatic nitrogens is 2. The largest absolute Gasteiger partial charge is 0.451 e. The third kappa shape index (κ3) is 17.9. The topological polar surface area (TPSA) is 271 Å². The van der Waals surface area contributed by atoms with E-state index < -0.39 is 48.4 Å². The number of nitrogens with zero attached hydrogens (tertiary/aromatic N) is 10. The summed E-state index contributed by atoms with van der Waals surface area (Å²) in [6.07, 6.45) is 15.6. The van der Waals surface area contributed by atoms with Crippen LogP contribution in [-0.4, -0.2) is 191 Å². The Morgan fingerprint density at radius 3 is 1.15 bits per heavy atom. The van der Waals surface area contributed by atoms with Gasteiger partial charge in [-0.05, 0) is 247 Å². The predicted molar refractivity (Wildman–Crippen MR) is 461 cm³/mol. The van der Waals surface area contributed by atoms with Gasteiger partial charge < -0.3 is 31.7 Å². The van der Waals surface area contributed by atoms with Crippen molar-refractivity contribution >= 4 is 66.5 Å².